The lowest BCUT2D eigenvalue weighted by Crippen LogP contribution is -2.28. The van der Waals surface area contributed by atoms with Crippen molar-refractivity contribution < 1.29 is 0 Å². The van der Waals surface area contributed by atoms with E-state index in [9.17, 15) is 0 Å². The van der Waals surface area contributed by atoms with E-state index in [1.807, 2.05) is 11.6 Å². The fourth-order valence-corrected chi connectivity index (χ4v) is 2.65. The van der Waals surface area contributed by atoms with Crippen molar-refractivity contribution in [1.82, 2.24) is 14.8 Å². The minimum Gasteiger partial charge on any atom is -0.344 e. The predicted molar refractivity (Wildman–Crippen MR) is 68.2 cm³/mol. The van der Waals surface area contributed by atoms with Crippen molar-refractivity contribution in [1.29, 1.82) is 0 Å². The van der Waals surface area contributed by atoms with E-state index >= 15 is 0 Å². The molecule has 0 spiro atoms. The molecule has 0 aliphatic heterocycles. The van der Waals surface area contributed by atoms with Crippen LogP contribution in [0.2, 0.25) is 0 Å². The maximum atomic E-state index is 5.12. The van der Waals surface area contributed by atoms with Crippen molar-refractivity contribution in [3.8, 4) is 0 Å². The molecule has 0 saturated heterocycles. The van der Waals surface area contributed by atoms with Crippen LogP contribution in [0.4, 0.5) is 5.95 Å². The highest BCUT2D eigenvalue weighted by Crippen LogP contribution is 2.25. The zero-order valence-corrected chi connectivity index (χ0v) is 10.9. The van der Waals surface area contributed by atoms with E-state index in [0.29, 0.717) is 4.77 Å². The van der Waals surface area contributed by atoms with E-state index in [2.05, 4.69) is 22.1 Å². The predicted octanol–water partition coefficient (Wildman–Crippen LogP) is 2.49. The Hall–Kier alpha value is -0.840. The van der Waals surface area contributed by atoms with Crippen LogP contribution in [0.5, 0.6) is 0 Å². The van der Waals surface area contributed by atoms with Crippen LogP contribution in [0.1, 0.15) is 32.1 Å². The Morgan fingerprint density at radius 1 is 1.44 bits per heavy atom. The van der Waals surface area contributed by atoms with Gasteiger partial charge in [0.05, 0.1) is 0 Å². The van der Waals surface area contributed by atoms with Gasteiger partial charge in [0.15, 0.2) is 4.77 Å². The zero-order valence-electron chi connectivity index (χ0n) is 10.1. The molecule has 1 heterocycles. The molecule has 1 aromatic rings. The van der Waals surface area contributed by atoms with Gasteiger partial charge in [-0.1, -0.05) is 19.3 Å². The molecule has 0 aromatic carbocycles. The Morgan fingerprint density at radius 2 is 2.12 bits per heavy atom. The van der Waals surface area contributed by atoms with Crippen molar-refractivity contribution >= 4 is 18.2 Å². The standard InChI is InChI=1S/C11H20N4S/c1-14(8-9-6-4-3-5-7-9)10-12-13-11(16)15(10)2/h9H,3-8H2,1-2H3,(H,13,16). The van der Waals surface area contributed by atoms with Crippen LogP contribution in [-0.4, -0.2) is 28.4 Å². The van der Waals surface area contributed by atoms with Gasteiger partial charge in [-0.25, -0.2) is 5.10 Å². The molecule has 16 heavy (non-hydrogen) atoms. The van der Waals surface area contributed by atoms with Crippen LogP contribution in [-0.2, 0) is 7.05 Å². The minimum atomic E-state index is 0.686. The molecule has 0 bridgehead atoms. The SMILES string of the molecule is CN(CC1CCCCC1)c1n[nH]c(=S)n1C. The van der Waals surface area contributed by atoms with Crippen LogP contribution in [0.3, 0.4) is 0 Å². The number of nitrogens with one attached hydrogen (secondary N) is 1. The van der Waals surface area contributed by atoms with Gasteiger partial charge in [-0.3, -0.25) is 4.57 Å². The summed E-state index contributed by atoms with van der Waals surface area (Å²) in [6, 6.07) is 0. The van der Waals surface area contributed by atoms with Crippen molar-refractivity contribution in [2.24, 2.45) is 13.0 Å². The number of anilines is 1. The molecule has 1 aliphatic carbocycles. The molecule has 5 heteroatoms. The molecule has 1 fully saturated rings. The molecule has 0 unspecified atom stereocenters. The van der Waals surface area contributed by atoms with Crippen LogP contribution in [0.25, 0.3) is 0 Å². The van der Waals surface area contributed by atoms with Gasteiger partial charge >= 0.3 is 0 Å². The second-order valence-electron chi connectivity index (χ2n) is 4.77. The highest BCUT2D eigenvalue weighted by atomic mass is 32.1. The number of rotatable bonds is 3. The minimum absolute atomic E-state index is 0.686. The van der Waals surface area contributed by atoms with Crippen LogP contribution < -0.4 is 4.90 Å². The third-order valence-corrected chi connectivity index (χ3v) is 3.82. The molecule has 2 rings (SSSR count). The summed E-state index contributed by atoms with van der Waals surface area (Å²) in [6.07, 6.45) is 6.90. The summed E-state index contributed by atoms with van der Waals surface area (Å²) < 4.78 is 2.61. The normalized spacial score (nSPS) is 17.6. The van der Waals surface area contributed by atoms with Gasteiger partial charge in [-0.05, 0) is 31.0 Å². The molecule has 4 nitrogen and oxygen atoms in total. The van der Waals surface area contributed by atoms with Gasteiger partial charge in [0.1, 0.15) is 0 Å². The summed E-state index contributed by atoms with van der Waals surface area (Å²) in [5.74, 6) is 1.76. The zero-order chi connectivity index (χ0) is 11.5. The summed E-state index contributed by atoms with van der Waals surface area (Å²) in [6.45, 7) is 1.09. The van der Waals surface area contributed by atoms with Crippen molar-refractivity contribution in [3.63, 3.8) is 0 Å². The fourth-order valence-electron chi connectivity index (χ4n) is 2.52. The molecule has 0 atom stereocenters. The first kappa shape index (κ1) is 11.6. The van der Waals surface area contributed by atoms with Crippen molar-refractivity contribution in [3.05, 3.63) is 4.77 Å². The maximum Gasteiger partial charge on any atom is 0.225 e. The summed E-state index contributed by atoms with van der Waals surface area (Å²) in [4.78, 5) is 2.21. The Bertz CT molecular complexity index is 389. The van der Waals surface area contributed by atoms with E-state index in [0.717, 1.165) is 18.4 Å². The monoisotopic (exact) mass is 240 g/mol. The largest absolute Gasteiger partial charge is 0.344 e. The first-order valence-corrected chi connectivity index (χ1v) is 6.42. The van der Waals surface area contributed by atoms with Gasteiger partial charge in [0, 0.05) is 20.6 Å². The maximum absolute atomic E-state index is 5.12. The highest BCUT2D eigenvalue weighted by Gasteiger charge is 2.17. The molecule has 1 aliphatic rings. The van der Waals surface area contributed by atoms with Gasteiger partial charge in [0.25, 0.3) is 0 Å². The number of nitrogens with zero attached hydrogens (tertiary/aromatic N) is 3. The van der Waals surface area contributed by atoms with Crippen LogP contribution in [0.15, 0.2) is 0 Å². The van der Waals surface area contributed by atoms with Gasteiger partial charge in [0.2, 0.25) is 5.95 Å². The van der Waals surface area contributed by atoms with E-state index < -0.39 is 0 Å². The molecule has 0 amide bonds. The van der Waals surface area contributed by atoms with E-state index in [1.165, 1.54) is 32.1 Å². The first-order valence-electron chi connectivity index (χ1n) is 6.01. The Labute approximate surface area is 102 Å². The summed E-state index contributed by atoms with van der Waals surface area (Å²) in [5.41, 5.74) is 0. The molecular formula is C11H20N4S. The second-order valence-corrected chi connectivity index (χ2v) is 5.16. The second kappa shape index (κ2) is 4.99. The lowest BCUT2D eigenvalue weighted by Gasteiger charge is -2.27. The lowest BCUT2D eigenvalue weighted by atomic mass is 9.89. The quantitative estimate of drug-likeness (QED) is 0.825. The highest BCUT2D eigenvalue weighted by molar-refractivity contribution is 7.71. The Balaban J connectivity index is 1.99. The van der Waals surface area contributed by atoms with E-state index in [1.54, 1.807) is 0 Å². The van der Waals surface area contributed by atoms with Crippen LogP contribution >= 0.6 is 12.2 Å². The average molecular weight is 240 g/mol. The third kappa shape index (κ3) is 2.45. The first-order chi connectivity index (χ1) is 7.68. The number of hydrogen-bond donors (Lipinski definition) is 1. The van der Waals surface area contributed by atoms with Gasteiger partial charge in [-0.15, -0.1) is 5.10 Å². The van der Waals surface area contributed by atoms with Crippen molar-refractivity contribution in [2.75, 3.05) is 18.5 Å². The van der Waals surface area contributed by atoms with Crippen LogP contribution in [0, 0.1) is 10.7 Å². The van der Waals surface area contributed by atoms with Gasteiger partial charge < -0.3 is 4.90 Å². The van der Waals surface area contributed by atoms with E-state index in [4.69, 9.17) is 12.2 Å². The smallest absolute Gasteiger partial charge is 0.225 e. The molecular weight excluding hydrogens is 220 g/mol. The lowest BCUT2D eigenvalue weighted by molar-refractivity contribution is 0.360. The number of H-pyrrole nitrogens is 1. The molecule has 1 N–H and O–H groups in total. The Kier molecular flexibility index (Phi) is 3.63. The van der Waals surface area contributed by atoms with E-state index in [-0.39, 0.29) is 0 Å². The van der Waals surface area contributed by atoms with Gasteiger partial charge in [-0.2, -0.15) is 0 Å². The number of hydrogen-bond acceptors (Lipinski definition) is 3. The molecule has 1 aromatic heterocycles. The summed E-state index contributed by atoms with van der Waals surface area (Å²) >= 11 is 5.12. The molecule has 1 saturated carbocycles. The molecule has 0 radical (unpaired) electrons. The molecule has 90 valence electrons. The number of aromatic nitrogens is 3. The number of aromatic amines is 1. The van der Waals surface area contributed by atoms with Crippen molar-refractivity contribution in [2.45, 2.75) is 32.1 Å². The fraction of sp³-hybridized carbons (Fsp3) is 0.818. The summed E-state index contributed by atoms with van der Waals surface area (Å²) in [5, 5.41) is 7.08. The average Bonchev–Trinajstić information content (AvgIpc) is 2.61. The topological polar surface area (TPSA) is 36.9 Å². The Morgan fingerprint density at radius 3 is 2.69 bits per heavy atom. The summed E-state index contributed by atoms with van der Waals surface area (Å²) in [7, 11) is 4.05. The third-order valence-electron chi connectivity index (χ3n) is 3.45.